The molecule has 1 aliphatic rings. The van der Waals surface area contributed by atoms with Crippen LogP contribution in [0.2, 0.25) is 5.02 Å². The monoisotopic (exact) mass is 262 g/mol. The van der Waals surface area contributed by atoms with Crippen LogP contribution in [-0.2, 0) is 25.0 Å². The van der Waals surface area contributed by atoms with Crippen molar-refractivity contribution >= 4 is 17.4 Å². The Balaban J connectivity index is 2.03. The Hall–Kier alpha value is -1.65. The van der Waals surface area contributed by atoms with Crippen LogP contribution < -0.4 is 0 Å². The zero-order valence-electron chi connectivity index (χ0n) is 9.81. The molecule has 0 N–H and O–H groups in total. The van der Waals surface area contributed by atoms with Gasteiger partial charge in [-0.1, -0.05) is 23.7 Å². The van der Waals surface area contributed by atoms with Crippen LogP contribution >= 0.6 is 11.6 Å². The summed E-state index contributed by atoms with van der Waals surface area (Å²) in [6, 6.07) is 5.60. The summed E-state index contributed by atoms with van der Waals surface area (Å²) in [5.41, 5.74) is 3.24. The first-order chi connectivity index (χ1) is 8.66. The Kier molecular flexibility index (Phi) is 2.69. The van der Waals surface area contributed by atoms with Crippen LogP contribution in [0.1, 0.15) is 27.2 Å². The molecule has 3 rings (SSSR count). The SMILES string of the molecule is Cn1ncc(Cl)c1C(=O)c1ccc2c(c1)COC2. The smallest absolute Gasteiger partial charge is 0.212 e. The van der Waals surface area contributed by atoms with Crippen LogP contribution in [0, 0.1) is 0 Å². The second-order valence-electron chi connectivity index (χ2n) is 4.27. The van der Waals surface area contributed by atoms with Gasteiger partial charge in [0.1, 0.15) is 5.69 Å². The van der Waals surface area contributed by atoms with Crippen LogP contribution in [0.15, 0.2) is 24.4 Å². The lowest BCUT2D eigenvalue weighted by atomic mass is 10.0. The summed E-state index contributed by atoms with van der Waals surface area (Å²) in [5, 5.41) is 4.35. The minimum absolute atomic E-state index is 0.116. The number of hydrogen-bond donors (Lipinski definition) is 0. The second-order valence-corrected chi connectivity index (χ2v) is 4.68. The molecule has 2 aromatic rings. The van der Waals surface area contributed by atoms with E-state index in [-0.39, 0.29) is 5.78 Å². The van der Waals surface area contributed by atoms with E-state index in [1.54, 1.807) is 13.1 Å². The maximum atomic E-state index is 12.4. The molecule has 0 saturated carbocycles. The van der Waals surface area contributed by atoms with Crippen molar-refractivity contribution in [3.63, 3.8) is 0 Å². The Morgan fingerprint density at radius 3 is 2.89 bits per heavy atom. The number of benzene rings is 1. The van der Waals surface area contributed by atoms with Gasteiger partial charge in [-0.3, -0.25) is 9.48 Å². The first-order valence-electron chi connectivity index (χ1n) is 5.58. The van der Waals surface area contributed by atoms with Crippen LogP contribution in [0.25, 0.3) is 0 Å². The molecule has 0 amide bonds. The highest BCUT2D eigenvalue weighted by atomic mass is 35.5. The zero-order valence-corrected chi connectivity index (χ0v) is 10.6. The fourth-order valence-electron chi connectivity index (χ4n) is 2.12. The molecule has 0 unspecified atom stereocenters. The molecular weight excluding hydrogens is 252 g/mol. The molecule has 0 aliphatic carbocycles. The van der Waals surface area contributed by atoms with Crippen molar-refractivity contribution in [2.75, 3.05) is 0 Å². The van der Waals surface area contributed by atoms with Crippen LogP contribution in [0.5, 0.6) is 0 Å². The number of fused-ring (bicyclic) bond motifs is 1. The number of aryl methyl sites for hydroxylation is 1. The number of carbonyl (C=O) groups excluding carboxylic acids is 1. The first-order valence-corrected chi connectivity index (χ1v) is 5.96. The summed E-state index contributed by atoms with van der Waals surface area (Å²) in [4.78, 5) is 12.4. The third-order valence-electron chi connectivity index (χ3n) is 3.09. The average Bonchev–Trinajstić information content (AvgIpc) is 2.94. The lowest BCUT2D eigenvalue weighted by Crippen LogP contribution is -2.09. The van der Waals surface area contributed by atoms with Gasteiger partial charge in [-0.25, -0.2) is 0 Å². The highest BCUT2D eigenvalue weighted by Crippen LogP contribution is 2.24. The van der Waals surface area contributed by atoms with Crippen molar-refractivity contribution in [3.8, 4) is 0 Å². The highest BCUT2D eigenvalue weighted by molar-refractivity contribution is 6.34. The van der Waals surface area contributed by atoms with E-state index >= 15 is 0 Å². The molecule has 0 saturated heterocycles. The minimum Gasteiger partial charge on any atom is -0.372 e. The predicted octanol–water partition coefficient (Wildman–Crippen LogP) is 2.33. The second kappa shape index (κ2) is 4.23. The Morgan fingerprint density at radius 1 is 1.39 bits per heavy atom. The highest BCUT2D eigenvalue weighted by Gasteiger charge is 2.20. The normalized spacial score (nSPS) is 13.7. The van der Waals surface area contributed by atoms with E-state index in [4.69, 9.17) is 16.3 Å². The number of rotatable bonds is 2. The Morgan fingerprint density at radius 2 is 2.17 bits per heavy atom. The van der Waals surface area contributed by atoms with Gasteiger partial charge < -0.3 is 4.74 Å². The van der Waals surface area contributed by atoms with Gasteiger partial charge in [0.25, 0.3) is 0 Å². The van der Waals surface area contributed by atoms with Gasteiger partial charge in [-0.05, 0) is 17.2 Å². The predicted molar refractivity (Wildman–Crippen MR) is 66.6 cm³/mol. The summed E-state index contributed by atoms with van der Waals surface area (Å²) in [6.45, 7) is 1.19. The number of ether oxygens (including phenoxy) is 1. The number of nitrogens with zero attached hydrogens (tertiary/aromatic N) is 2. The van der Waals surface area contributed by atoms with Crippen molar-refractivity contribution in [2.45, 2.75) is 13.2 Å². The molecule has 0 atom stereocenters. The lowest BCUT2D eigenvalue weighted by Gasteiger charge is -2.04. The number of halogens is 1. The van der Waals surface area contributed by atoms with E-state index in [2.05, 4.69) is 5.10 Å². The number of aromatic nitrogens is 2. The topological polar surface area (TPSA) is 44.1 Å². The maximum Gasteiger partial charge on any atom is 0.212 e. The quantitative estimate of drug-likeness (QED) is 0.781. The van der Waals surface area contributed by atoms with Crippen molar-refractivity contribution in [3.05, 3.63) is 51.8 Å². The summed E-state index contributed by atoms with van der Waals surface area (Å²) >= 11 is 5.98. The van der Waals surface area contributed by atoms with Gasteiger partial charge in [0.2, 0.25) is 5.78 Å². The standard InChI is InChI=1S/C13H11ClN2O2/c1-16-12(11(14)5-15-16)13(17)8-2-3-9-6-18-7-10(9)4-8/h2-5H,6-7H2,1H3. The van der Waals surface area contributed by atoms with Crippen molar-refractivity contribution in [2.24, 2.45) is 7.05 Å². The van der Waals surface area contributed by atoms with E-state index in [0.717, 1.165) is 11.1 Å². The number of hydrogen-bond acceptors (Lipinski definition) is 3. The van der Waals surface area contributed by atoms with Gasteiger partial charge >= 0.3 is 0 Å². The molecule has 4 nitrogen and oxygen atoms in total. The maximum absolute atomic E-state index is 12.4. The molecule has 2 heterocycles. The fraction of sp³-hybridized carbons (Fsp3) is 0.231. The Labute approximate surface area is 109 Å². The van der Waals surface area contributed by atoms with E-state index in [1.807, 2.05) is 12.1 Å². The number of carbonyl (C=O) groups is 1. The molecule has 0 spiro atoms. The first kappa shape index (κ1) is 11.4. The summed E-state index contributed by atoms with van der Waals surface area (Å²) in [5.74, 6) is -0.116. The minimum atomic E-state index is -0.116. The van der Waals surface area contributed by atoms with Crippen LogP contribution in [0.3, 0.4) is 0 Å². The molecular formula is C13H11ClN2O2. The molecule has 0 fully saturated rings. The van der Waals surface area contributed by atoms with Gasteiger partial charge in [-0.2, -0.15) is 5.10 Å². The molecule has 18 heavy (non-hydrogen) atoms. The van der Waals surface area contributed by atoms with Crippen molar-refractivity contribution in [1.29, 1.82) is 0 Å². The van der Waals surface area contributed by atoms with Crippen molar-refractivity contribution < 1.29 is 9.53 Å². The largest absolute Gasteiger partial charge is 0.372 e. The Bertz CT molecular complexity index is 614. The lowest BCUT2D eigenvalue weighted by molar-refractivity contribution is 0.103. The van der Waals surface area contributed by atoms with E-state index in [1.165, 1.54) is 10.9 Å². The molecule has 1 aromatic carbocycles. The summed E-state index contributed by atoms with van der Waals surface area (Å²) < 4.78 is 6.83. The summed E-state index contributed by atoms with van der Waals surface area (Å²) in [6.07, 6.45) is 1.48. The molecule has 92 valence electrons. The third-order valence-corrected chi connectivity index (χ3v) is 3.37. The zero-order chi connectivity index (χ0) is 12.7. The van der Waals surface area contributed by atoms with Crippen molar-refractivity contribution in [1.82, 2.24) is 9.78 Å². The summed E-state index contributed by atoms with van der Waals surface area (Å²) in [7, 11) is 1.70. The molecule has 0 bridgehead atoms. The van der Waals surface area contributed by atoms with Crippen LogP contribution in [-0.4, -0.2) is 15.6 Å². The average molecular weight is 263 g/mol. The number of ketones is 1. The van der Waals surface area contributed by atoms with E-state index in [0.29, 0.717) is 29.5 Å². The van der Waals surface area contributed by atoms with Gasteiger partial charge in [0.05, 0.1) is 24.4 Å². The van der Waals surface area contributed by atoms with Gasteiger partial charge in [-0.15, -0.1) is 0 Å². The van der Waals surface area contributed by atoms with Gasteiger partial charge in [0, 0.05) is 12.6 Å². The van der Waals surface area contributed by atoms with Gasteiger partial charge in [0.15, 0.2) is 0 Å². The molecule has 1 aromatic heterocycles. The molecule has 0 radical (unpaired) electrons. The molecule has 1 aliphatic heterocycles. The van der Waals surface area contributed by atoms with E-state index < -0.39 is 0 Å². The van der Waals surface area contributed by atoms with Crippen LogP contribution in [0.4, 0.5) is 0 Å². The third kappa shape index (κ3) is 1.74. The molecule has 5 heteroatoms. The fourth-order valence-corrected chi connectivity index (χ4v) is 2.37. The van der Waals surface area contributed by atoms with E-state index in [9.17, 15) is 4.79 Å².